The molecule has 146 valence electrons. The molecule has 1 aromatic heterocycles. The monoisotopic (exact) mass is 389 g/mol. The molecule has 0 bridgehead atoms. The minimum absolute atomic E-state index is 0.201. The number of hydrogen-bond acceptors (Lipinski definition) is 4. The van der Waals surface area contributed by atoms with Crippen molar-refractivity contribution in [3.05, 3.63) is 41.5 Å². The third-order valence-corrected chi connectivity index (χ3v) is 7.04. The second-order valence-electron chi connectivity index (χ2n) is 7.51. The van der Waals surface area contributed by atoms with E-state index in [1.54, 1.807) is 24.3 Å². The molecule has 1 N–H and O–H groups in total. The summed E-state index contributed by atoms with van der Waals surface area (Å²) in [6.45, 7) is 0.201. The van der Waals surface area contributed by atoms with Crippen LogP contribution in [0.4, 0.5) is 0 Å². The largest absolute Gasteiger partial charge is 0.490 e. The van der Waals surface area contributed by atoms with Gasteiger partial charge in [-0.1, -0.05) is 0 Å². The van der Waals surface area contributed by atoms with Gasteiger partial charge in [-0.3, -0.25) is 0 Å². The molecule has 1 fully saturated rings. The molecule has 0 amide bonds. The first-order chi connectivity index (χ1) is 13.0. The predicted octanol–water partition coefficient (Wildman–Crippen LogP) is 3.10. The third-order valence-electron chi connectivity index (χ3n) is 5.63. The maximum atomic E-state index is 12.6. The van der Waals surface area contributed by atoms with Gasteiger partial charge in [-0.25, -0.2) is 18.1 Å². The zero-order valence-electron chi connectivity index (χ0n) is 15.8. The highest BCUT2D eigenvalue weighted by Crippen LogP contribution is 2.25. The van der Waals surface area contributed by atoms with Crippen molar-refractivity contribution in [2.75, 3.05) is 0 Å². The van der Waals surface area contributed by atoms with E-state index in [4.69, 9.17) is 4.74 Å². The Morgan fingerprint density at radius 2 is 1.81 bits per heavy atom. The van der Waals surface area contributed by atoms with E-state index in [1.165, 1.54) is 25.0 Å². The molecular formula is C20H27N3O3S. The Hall–Kier alpha value is -1.86. The van der Waals surface area contributed by atoms with E-state index in [2.05, 4.69) is 9.71 Å². The number of aromatic nitrogens is 2. The quantitative estimate of drug-likeness (QED) is 0.824. The molecule has 0 radical (unpaired) electrons. The molecule has 0 spiro atoms. The fraction of sp³-hybridized carbons (Fsp3) is 0.550. The fourth-order valence-corrected chi connectivity index (χ4v) is 5.02. The summed E-state index contributed by atoms with van der Waals surface area (Å²) in [6.07, 6.45) is 9.17. The number of sulfonamides is 1. The Labute approximate surface area is 161 Å². The summed E-state index contributed by atoms with van der Waals surface area (Å²) < 4.78 is 35.9. The summed E-state index contributed by atoms with van der Waals surface area (Å²) in [7, 11) is -1.61. The number of imidazole rings is 1. The van der Waals surface area contributed by atoms with Gasteiger partial charge in [0.05, 0.1) is 23.2 Å². The van der Waals surface area contributed by atoms with Gasteiger partial charge >= 0.3 is 0 Å². The molecule has 1 saturated carbocycles. The van der Waals surface area contributed by atoms with Gasteiger partial charge in [0.25, 0.3) is 0 Å². The summed E-state index contributed by atoms with van der Waals surface area (Å²) in [5.41, 5.74) is 2.36. The first-order valence-corrected chi connectivity index (χ1v) is 11.3. The molecule has 6 nitrogen and oxygen atoms in total. The number of ether oxygens (including phenoxy) is 1. The van der Waals surface area contributed by atoms with E-state index in [9.17, 15) is 8.42 Å². The van der Waals surface area contributed by atoms with Crippen LogP contribution in [-0.2, 0) is 36.5 Å². The topological polar surface area (TPSA) is 73.2 Å². The zero-order valence-corrected chi connectivity index (χ0v) is 16.6. The van der Waals surface area contributed by atoms with Crippen LogP contribution in [0, 0.1) is 0 Å². The summed E-state index contributed by atoms with van der Waals surface area (Å²) >= 11 is 0. The molecule has 0 saturated heterocycles. The molecule has 0 aliphatic heterocycles. The Bertz CT molecular complexity index is 897. The highest BCUT2D eigenvalue weighted by atomic mass is 32.2. The molecule has 2 aliphatic rings. The SMILES string of the molecule is Cn1c(CNS(=O)(=O)c2ccc(OC3CCCC3)cc2)nc2c1CCCC2. The lowest BCUT2D eigenvalue weighted by Gasteiger charge is -2.13. The molecule has 7 heteroatoms. The summed E-state index contributed by atoms with van der Waals surface area (Å²) in [6, 6.07) is 6.70. The Morgan fingerprint density at radius 1 is 1.11 bits per heavy atom. The Kier molecular flexibility index (Phi) is 5.23. The van der Waals surface area contributed by atoms with Crippen LogP contribution in [0.15, 0.2) is 29.2 Å². The van der Waals surface area contributed by atoms with E-state index in [-0.39, 0.29) is 17.5 Å². The van der Waals surface area contributed by atoms with Crippen molar-refractivity contribution >= 4 is 10.0 Å². The average Bonchev–Trinajstić information content (AvgIpc) is 3.29. The number of rotatable bonds is 6. The highest BCUT2D eigenvalue weighted by Gasteiger charge is 2.21. The van der Waals surface area contributed by atoms with Crippen LogP contribution >= 0.6 is 0 Å². The van der Waals surface area contributed by atoms with Crippen LogP contribution in [0.2, 0.25) is 0 Å². The Morgan fingerprint density at radius 3 is 2.52 bits per heavy atom. The van der Waals surface area contributed by atoms with Crippen molar-refractivity contribution in [2.45, 2.75) is 68.9 Å². The van der Waals surface area contributed by atoms with Gasteiger partial charge in [-0.05, 0) is 75.6 Å². The fourth-order valence-electron chi connectivity index (χ4n) is 4.04. The van der Waals surface area contributed by atoms with Crippen molar-refractivity contribution in [1.29, 1.82) is 0 Å². The van der Waals surface area contributed by atoms with Gasteiger partial charge in [-0.2, -0.15) is 0 Å². The van der Waals surface area contributed by atoms with E-state index in [0.29, 0.717) is 0 Å². The van der Waals surface area contributed by atoms with E-state index < -0.39 is 10.0 Å². The highest BCUT2D eigenvalue weighted by molar-refractivity contribution is 7.89. The van der Waals surface area contributed by atoms with Crippen LogP contribution in [0.25, 0.3) is 0 Å². The molecule has 2 aliphatic carbocycles. The van der Waals surface area contributed by atoms with E-state index in [1.807, 2.05) is 11.6 Å². The lowest BCUT2D eigenvalue weighted by atomic mass is 10.0. The number of nitrogens with one attached hydrogen (secondary N) is 1. The van der Waals surface area contributed by atoms with E-state index in [0.717, 1.165) is 49.4 Å². The number of hydrogen-bond donors (Lipinski definition) is 1. The molecule has 4 rings (SSSR count). The first-order valence-electron chi connectivity index (χ1n) is 9.83. The summed E-state index contributed by atoms with van der Waals surface area (Å²) in [5.74, 6) is 1.50. The van der Waals surface area contributed by atoms with Crippen LogP contribution < -0.4 is 9.46 Å². The first kappa shape index (κ1) is 18.5. The molecular weight excluding hydrogens is 362 g/mol. The summed E-state index contributed by atoms with van der Waals surface area (Å²) in [5, 5.41) is 0. The standard InChI is InChI=1S/C20H27N3O3S/c1-23-19-9-5-4-8-18(19)22-20(23)14-21-27(24,25)17-12-10-16(11-13-17)26-15-6-2-3-7-15/h10-13,15,21H,2-9,14H2,1H3. The normalized spacial score (nSPS) is 17.8. The predicted molar refractivity (Wildman–Crippen MR) is 103 cm³/mol. The molecule has 1 aromatic carbocycles. The molecule has 1 heterocycles. The maximum Gasteiger partial charge on any atom is 0.240 e. The second-order valence-corrected chi connectivity index (χ2v) is 9.27. The molecule has 27 heavy (non-hydrogen) atoms. The maximum absolute atomic E-state index is 12.6. The summed E-state index contributed by atoms with van der Waals surface area (Å²) in [4.78, 5) is 4.88. The van der Waals surface area contributed by atoms with Crippen LogP contribution in [0.3, 0.4) is 0 Å². The van der Waals surface area contributed by atoms with Gasteiger partial charge < -0.3 is 9.30 Å². The van der Waals surface area contributed by atoms with Crippen molar-refractivity contribution < 1.29 is 13.2 Å². The van der Waals surface area contributed by atoms with Crippen molar-refractivity contribution in [2.24, 2.45) is 7.05 Å². The minimum atomic E-state index is -3.58. The van der Waals surface area contributed by atoms with Crippen molar-refractivity contribution in [3.63, 3.8) is 0 Å². The average molecular weight is 390 g/mol. The third kappa shape index (κ3) is 4.04. The van der Waals surface area contributed by atoms with Gasteiger partial charge in [0.2, 0.25) is 10.0 Å². The number of benzene rings is 1. The van der Waals surface area contributed by atoms with Crippen LogP contribution in [-0.4, -0.2) is 24.1 Å². The molecule has 0 atom stereocenters. The van der Waals surface area contributed by atoms with Gasteiger partial charge in [0, 0.05) is 12.7 Å². The smallest absolute Gasteiger partial charge is 0.240 e. The zero-order chi connectivity index (χ0) is 18.9. The lowest BCUT2D eigenvalue weighted by molar-refractivity contribution is 0.210. The van der Waals surface area contributed by atoms with Gasteiger partial charge in [0.1, 0.15) is 11.6 Å². The second kappa shape index (κ2) is 7.64. The van der Waals surface area contributed by atoms with E-state index >= 15 is 0 Å². The van der Waals surface area contributed by atoms with Crippen molar-refractivity contribution in [3.8, 4) is 5.75 Å². The van der Waals surface area contributed by atoms with Crippen LogP contribution in [0.1, 0.15) is 55.7 Å². The Balaban J connectivity index is 1.41. The van der Waals surface area contributed by atoms with Gasteiger partial charge in [-0.15, -0.1) is 0 Å². The number of fused-ring (bicyclic) bond motifs is 1. The molecule has 2 aromatic rings. The minimum Gasteiger partial charge on any atom is -0.490 e. The molecule has 0 unspecified atom stereocenters. The number of nitrogens with zero attached hydrogens (tertiary/aromatic N) is 2. The lowest BCUT2D eigenvalue weighted by Crippen LogP contribution is -2.25. The van der Waals surface area contributed by atoms with Crippen LogP contribution in [0.5, 0.6) is 5.75 Å². The van der Waals surface area contributed by atoms with Crippen molar-refractivity contribution in [1.82, 2.24) is 14.3 Å². The number of aryl methyl sites for hydroxylation is 1. The van der Waals surface area contributed by atoms with Gasteiger partial charge in [0.15, 0.2) is 0 Å².